The molecule has 0 amide bonds. The number of rotatable bonds is 12. The first-order valence-corrected chi connectivity index (χ1v) is 11.2. The van der Waals surface area contributed by atoms with Crippen molar-refractivity contribution < 1.29 is 18.9 Å². The van der Waals surface area contributed by atoms with Crippen molar-refractivity contribution in [2.45, 2.75) is 18.2 Å². The largest absolute Gasteiger partial charge is 0.493 e. The van der Waals surface area contributed by atoms with E-state index in [1.807, 2.05) is 61.1 Å². The van der Waals surface area contributed by atoms with Gasteiger partial charge in [0.1, 0.15) is 11.6 Å². The zero-order chi connectivity index (χ0) is 22.9. The molecule has 3 aromatic rings. The number of aromatic nitrogens is 3. The third kappa shape index (κ3) is 6.08. The summed E-state index contributed by atoms with van der Waals surface area (Å²) >= 11 is 1.63. The Balaban J connectivity index is 1.55. The Morgan fingerprint density at radius 3 is 2.25 bits per heavy atom. The topological polar surface area (TPSA) is 70.9 Å². The number of benzene rings is 2. The Labute approximate surface area is 193 Å². The van der Waals surface area contributed by atoms with Crippen molar-refractivity contribution in [3.63, 3.8) is 0 Å². The van der Waals surface area contributed by atoms with E-state index in [1.165, 1.54) is 0 Å². The summed E-state index contributed by atoms with van der Waals surface area (Å²) in [6.45, 7) is 1.95. The number of ether oxygens (including phenoxy) is 4. The van der Waals surface area contributed by atoms with Crippen molar-refractivity contribution in [1.29, 1.82) is 0 Å². The van der Waals surface area contributed by atoms with E-state index in [0.29, 0.717) is 36.9 Å². The lowest BCUT2D eigenvalue weighted by Crippen LogP contribution is -2.20. The van der Waals surface area contributed by atoms with Crippen molar-refractivity contribution in [2.24, 2.45) is 7.05 Å². The third-order valence-corrected chi connectivity index (χ3v) is 5.82. The first-order valence-electron chi connectivity index (χ1n) is 10.2. The highest BCUT2D eigenvalue weighted by molar-refractivity contribution is 7.99. The molecule has 9 heteroatoms. The van der Waals surface area contributed by atoms with Crippen LogP contribution in [0.4, 0.5) is 0 Å². The van der Waals surface area contributed by atoms with Gasteiger partial charge in [0.2, 0.25) is 5.75 Å². The van der Waals surface area contributed by atoms with E-state index in [1.54, 1.807) is 33.1 Å². The highest BCUT2D eigenvalue weighted by atomic mass is 32.2. The standard InChI is InChI=1S/C23H30N4O4S/c1-26(15-17-13-19(28-3)22(30-5)20(14-17)29-4)16-21-24-25-23(27(21)2)32-12-11-31-18-9-7-6-8-10-18/h6-10,13-14H,11-12,15-16H2,1-5H3. The summed E-state index contributed by atoms with van der Waals surface area (Å²) in [5.74, 6) is 4.44. The molecule has 0 radical (unpaired) electrons. The van der Waals surface area contributed by atoms with E-state index in [0.717, 1.165) is 28.0 Å². The summed E-state index contributed by atoms with van der Waals surface area (Å²) in [6, 6.07) is 13.7. The molecule has 3 rings (SSSR count). The van der Waals surface area contributed by atoms with E-state index < -0.39 is 0 Å². The first kappa shape index (κ1) is 23.7. The Morgan fingerprint density at radius 2 is 1.62 bits per heavy atom. The summed E-state index contributed by atoms with van der Waals surface area (Å²) in [5.41, 5.74) is 1.05. The van der Waals surface area contributed by atoms with E-state index >= 15 is 0 Å². The minimum absolute atomic E-state index is 0.590. The molecule has 0 aliphatic rings. The molecule has 172 valence electrons. The van der Waals surface area contributed by atoms with Gasteiger partial charge >= 0.3 is 0 Å². The van der Waals surface area contributed by atoms with Crippen LogP contribution in [0.3, 0.4) is 0 Å². The quantitative estimate of drug-likeness (QED) is 0.301. The molecule has 0 saturated heterocycles. The van der Waals surface area contributed by atoms with Gasteiger partial charge in [-0.2, -0.15) is 0 Å². The van der Waals surface area contributed by atoms with Crippen LogP contribution in [-0.4, -0.2) is 60.4 Å². The lowest BCUT2D eigenvalue weighted by Gasteiger charge is -2.19. The van der Waals surface area contributed by atoms with Gasteiger partial charge in [0.05, 0.1) is 34.5 Å². The second-order valence-electron chi connectivity index (χ2n) is 7.17. The van der Waals surface area contributed by atoms with Gasteiger partial charge in [0.25, 0.3) is 0 Å². The maximum absolute atomic E-state index is 5.74. The highest BCUT2D eigenvalue weighted by Gasteiger charge is 2.16. The maximum atomic E-state index is 5.74. The Morgan fingerprint density at radius 1 is 0.938 bits per heavy atom. The molecule has 1 aromatic heterocycles. The second-order valence-corrected chi connectivity index (χ2v) is 8.24. The summed E-state index contributed by atoms with van der Waals surface area (Å²) in [6.07, 6.45) is 0. The number of hydrogen-bond acceptors (Lipinski definition) is 8. The predicted molar refractivity (Wildman–Crippen MR) is 125 cm³/mol. The fourth-order valence-corrected chi connectivity index (χ4v) is 4.00. The SMILES string of the molecule is COc1cc(CN(C)Cc2nnc(SCCOc3ccccc3)n2C)cc(OC)c1OC. The smallest absolute Gasteiger partial charge is 0.203 e. The van der Waals surface area contributed by atoms with E-state index in [2.05, 4.69) is 15.1 Å². The van der Waals surface area contributed by atoms with Crippen LogP contribution >= 0.6 is 11.8 Å². The summed E-state index contributed by atoms with van der Waals surface area (Å²) in [5, 5.41) is 9.58. The van der Waals surface area contributed by atoms with Gasteiger partial charge in [-0.05, 0) is 36.9 Å². The highest BCUT2D eigenvalue weighted by Crippen LogP contribution is 2.38. The minimum atomic E-state index is 0.590. The normalized spacial score (nSPS) is 10.9. The number of hydrogen-bond donors (Lipinski definition) is 0. The monoisotopic (exact) mass is 458 g/mol. The molecule has 0 unspecified atom stereocenters. The van der Waals surface area contributed by atoms with Crippen LogP contribution in [0.5, 0.6) is 23.0 Å². The summed E-state index contributed by atoms with van der Waals surface area (Å²) in [7, 11) is 8.87. The Hall–Kier alpha value is -2.91. The van der Waals surface area contributed by atoms with E-state index in [-0.39, 0.29) is 0 Å². The van der Waals surface area contributed by atoms with Crippen molar-refractivity contribution >= 4 is 11.8 Å². The van der Waals surface area contributed by atoms with Crippen LogP contribution in [0.25, 0.3) is 0 Å². The van der Waals surface area contributed by atoms with Crippen LogP contribution in [0.2, 0.25) is 0 Å². The van der Waals surface area contributed by atoms with E-state index in [4.69, 9.17) is 18.9 Å². The fraction of sp³-hybridized carbons (Fsp3) is 0.391. The average Bonchev–Trinajstić information content (AvgIpc) is 3.15. The van der Waals surface area contributed by atoms with Gasteiger partial charge < -0.3 is 23.5 Å². The van der Waals surface area contributed by atoms with Gasteiger partial charge in [0.15, 0.2) is 16.7 Å². The van der Waals surface area contributed by atoms with Crippen molar-refractivity contribution in [1.82, 2.24) is 19.7 Å². The lowest BCUT2D eigenvalue weighted by molar-refractivity contribution is 0.300. The van der Waals surface area contributed by atoms with Crippen molar-refractivity contribution in [3.05, 3.63) is 53.9 Å². The molecule has 0 bridgehead atoms. The van der Waals surface area contributed by atoms with Gasteiger partial charge in [-0.1, -0.05) is 30.0 Å². The Bertz CT molecular complexity index is 972. The van der Waals surface area contributed by atoms with Gasteiger partial charge in [0, 0.05) is 19.3 Å². The van der Waals surface area contributed by atoms with E-state index in [9.17, 15) is 0 Å². The minimum Gasteiger partial charge on any atom is -0.493 e. The molecule has 0 N–H and O–H groups in total. The number of nitrogens with zero attached hydrogens (tertiary/aromatic N) is 4. The molecular weight excluding hydrogens is 428 g/mol. The number of methoxy groups -OCH3 is 3. The van der Waals surface area contributed by atoms with Gasteiger partial charge in [-0.15, -0.1) is 10.2 Å². The van der Waals surface area contributed by atoms with Gasteiger partial charge in [-0.3, -0.25) is 4.90 Å². The summed E-state index contributed by atoms with van der Waals surface area (Å²) in [4.78, 5) is 2.16. The molecule has 0 aliphatic carbocycles. The van der Waals surface area contributed by atoms with Crippen molar-refractivity contribution in [2.75, 3.05) is 40.7 Å². The number of thioether (sulfide) groups is 1. The Kier molecular flexibility index (Phi) is 8.64. The van der Waals surface area contributed by atoms with Crippen LogP contribution < -0.4 is 18.9 Å². The second kappa shape index (κ2) is 11.6. The molecule has 0 aliphatic heterocycles. The molecule has 8 nitrogen and oxygen atoms in total. The van der Waals surface area contributed by atoms with Crippen LogP contribution in [-0.2, 0) is 20.1 Å². The van der Waals surface area contributed by atoms with Crippen LogP contribution in [0, 0.1) is 0 Å². The lowest BCUT2D eigenvalue weighted by atomic mass is 10.1. The zero-order valence-electron chi connectivity index (χ0n) is 19.2. The fourth-order valence-electron chi connectivity index (χ4n) is 3.25. The third-order valence-electron chi connectivity index (χ3n) is 4.84. The number of para-hydroxylation sites is 1. The molecule has 0 saturated carbocycles. The molecule has 1 heterocycles. The first-order chi connectivity index (χ1) is 15.5. The molecule has 0 fully saturated rings. The maximum Gasteiger partial charge on any atom is 0.203 e. The molecule has 32 heavy (non-hydrogen) atoms. The van der Waals surface area contributed by atoms with Crippen LogP contribution in [0.1, 0.15) is 11.4 Å². The summed E-state index contributed by atoms with van der Waals surface area (Å²) < 4.78 is 24.1. The molecular formula is C23H30N4O4S. The molecule has 0 spiro atoms. The van der Waals surface area contributed by atoms with Gasteiger partial charge in [-0.25, -0.2) is 0 Å². The average molecular weight is 459 g/mol. The molecule has 0 atom stereocenters. The molecule has 2 aromatic carbocycles. The predicted octanol–water partition coefficient (Wildman–Crippen LogP) is 3.64. The van der Waals surface area contributed by atoms with Crippen molar-refractivity contribution in [3.8, 4) is 23.0 Å². The van der Waals surface area contributed by atoms with Crippen LogP contribution in [0.15, 0.2) is 47.6 Å². The zero-order valence-corrected chi connectivity index (χ0v) is 20.0.